The Kier molecular flexibility index (Phi) is 8.15. The van der Waals surface area contributed by atoms with Crippen LogP contribution in [0.5, 0.6) is 0 Å². The maximum absolute atomic E-state index is 12.4. The molecule has 1 aromatic heterocycles. The Bertz CT molecular complexity index is 892. The van der Waals surface area contributed by atoms with E-state index in [1.165, 1.54) is 5.56 Å². The van der Waals surface area contributed by atoms with E-state index in [4.69, 9.17) is 4.52 Å². The normalized spacial score (nSPS) is 12.1. The average molecular weight is 407 g/mol. The van der Waals surface area contributed by atoms with Gasteiger partial charge in [-0.05, 0) is 25.1 Å². The van der Waals surface area contributed by atoms with Crippen LogP contribution in [0.4, 0.5) is 0 Å². The minimum atomic E-state index is -0.000297. The molecule has 3 rings (SSSR count). The molecule has 3 aromatic rings. The van der Waals surface area contributed by atoms with Crippen LogP contribution in [0.1, 0.15) is 31.7 Å². The number of hydrogen-bond donors (Lipinski definition) is 1. The first-order valence-electron chi connectivity index (χ1n) is 10.6. The number of aryl methyl sites for hydroxylation is 1. The number of likely N-dealkylation sites (N-methyl/N-ethyl adjacent to an activating group) is 1. The molecule has 30 heavy (non-hydrogen) atoms. The predicted octanol–water partition coefficient (Wildman–Crippen LogP) is 3.74. The zero-order valence-electron chi connectivity index (χ0n) is 17.8. The highest BCUT2D eigenvalue weighted by molar-refractivity contribution is 5.76. The van der Waals surface area contributed by atoms with Crippen LogP contribution in [-0.4, -0.2) is 46.6 Å². The van der Waals surface area contributed by atoms with E-state index in [-0.39, 0.29) is 11.9 Å². The summed E-state index contributed by atoms with van der Waals surface area (Å²) in [5, 5.41) is 7.10. The largest absolute Gasteiger partial charge is 0.355 e. The number of carbonyl (C=O) groups excluding carboxylic acids is 1. The standard InChI is InChI=1S/C24H30N4O2/c1-3-28(4-2)21(17-19-11-7-5-8-12-19)18-25-22(29)15-16-23-26-24(27-30-23)20-13-9-6-10-14-20/h5-14,21H,3-4,15-18H2,1-2H3,(H,25,29). The van der Waals surface area contributed by atoms with Crippen LogP contribution in [0.3, 0.4) is 0 Å². The molecule has 1 amide bonds. The van der Waals surface area contributed by atoms with Crippen molar-refractivity contribution in [3.05, 3.63) is 72.1 Å². The summed E-state index contributed by atoms with van der Waals surface area (Å²) in [5.74, 6) is 1.03. The summed E-state index contributed by atoms with van der Waals surface area (Å²) < 4.78 is 5.30. The van der Waals surface area contributed by atoms with Gasteiger partial charge in [0.2, 0.25) is 17.6 Å². The number of hydrogen-bond acceptors (Lipinski definition) is 5. The van der Waals surface area contributed by atoms with Gasteiger partial charge >= 0.3 is 0 Å². The van der Waals surface area contributed by atoms with Crippen LogP contribution in [0, 0.1) is 0 Å². The number of amides is 1. The molecule has 6 heteroatoms. The Morgan fingerprint density at radius 2 is 1.70 bits per heavy atom. The van der Waals surface area contributed by atoms with E-state index in [0.717, 1.165) is 25.1 Å². The van der Waals surface area contributed by atoms with Crippen LogP contribution < -0.4 is 5.32 Å². The number of benzene rings is 2. The van der Waals surface area contributed by atoms with Gasteiger partial charge in [0.25, 0.3) is 0 Å². The van der Waals surface area contributed by atoms with Crippen molar-refractivity contribution in [3.63, 3.8) is 0 Å². The van der Waals surface area contributed by atoms with Gasteiger partial charge in [-0.3, -0.25) is 9.69 Å². The second-order valence-electron chi connectivity index (χ2n) is 7.25. The Balaban J connectivity index is 1.51. The molecule has 2 aromatic carbocycles. The molecule has 0 saturated heterocycles. The minimum absolute atomic E-state index is 0.000297. The van der Waals surface area contributed by atoms with Gasteiger partial charge in [-0.2, -0.15) is 4.98 Å². The highest BCUT2D eigenvalue weighted by Gasteiger charge is 2.18. The summed E-state index contributed by atoms with van der Waals surface area (Å²) >= 11 is 0. The van der Waals surface area contributed by atoms with Gasteiger partial charge in [0.05, 0.1) is 0 Å². The molecule has 0 saturated carbocycles. The third-order valence-electron chi connectivity index (χ3n) is 5.24. The van der Waals surface area contributed by atoms with E-state index in [0.29, 0.717) is 31.1 Å². The molecule has 0 aliphatic rings. The predicted molar refractivity (Wildman–Crippen MR) is 118 cm³/mol. The van der Waals surface area contributed by atoms with Crippen LogP contribution in [-0.2, 0) is 17.6 Å². The topological polar surface area (TPSA) is 71.3 Å². The molecule has 0 radical (unpaired) electrons. The molecule has 1 heterocycles. The Labute approximate surface area is 178 Å². The molecule has 0 aliphatic heterocycles. The van der Waals surface area contributed by atoms with Crippen LogP contribution in [0.15, 0.2) is 65.2 Å². The lowest BCUT2D eigenvalue weighted by atomic mass is 10.0. The lowest BCUT2D eigenvalue weighted by molar-refractivity contribution is -0.121. The van der Waals surface area contributed by atoms with Gasteiger partial charge in [-0.1, -0.05) is 79.7 Å². The summed E-state index contributed by atoms with van der Waals surface area (Å²) in [6, 6.07) is 20.3. The molecule has 6 nitrogen and oxygen atoms in total. The molecule has 158 valence electrons. The lowest BCUT2D eigenvalue weighted by Crippen LogP contribution is -2.45. The first kappa shape index (κ1) is 21.7. The quantitative estimate of drug-likeness (QED) is 0.525. The number of aromatic nitrogens is 2. The number of nitrogens with zero attached hydrogens (tertiary/aromatic N) is 3. The first-order valence-corrected chi connectivity index (χ1v) is 10.6. The van der Waals surface area contributed by atoms with Crippen LogP contribution in [0.25, 0.3) is 11.4 Å². The molecule has 0 bridgehead atoms. The number of carbonyl (C=O) groups is 1. The van der Waals surface area contributed by atoms with E-state index in [1.807, 2.05) is 36.4 Å². The maximum Gasteiger partial charge on any atom is 0.227 e. The molecule has 1 N–H and O–H groups in total. The zero-order chi connectivity index (χ0) is 21.2. The second kappa shape index (κ2) is 11.3. The van der Waals surface area contributed by atoms with E-state index in [2.05, 4.69) is 58.5 Å². The van der Waals surface area contributed by atoms with E-state index < -0.39 is 0 Å². The van der Waals surface area contributed by atoms with Crippen molar-refractivity contribution in [3.8, 4) is 11.4 Å². The minimum Gasteiger partial charge on any atom is -0.355 e. The van der Waals surface area contributed by atoms with Crippen molar-refractivity contribution in [2.24, 2.45) is 0 Å². The molecule has 1 unspecified atom stereocenters. The monoisotopic (exact) mass is 406 g/mol. The molecular weight excluding hydrogens is 376 g/mol. The van der Waals surface area contributed by atoms with Gasteiger partial charge < -0.3 is 9.84 Å². The first-order chi connectivity index (χ1) is 14.7. The number of rotatable bonds is 11. The third-order valence-corrected chi connectivity index (χ3v) is 5.24. The Hall–Kier alpha value is -2.99. The van der Waals surface area contributed by atoms with Gasteiger partial charge in [-0.15, -0.1) is 0 Å². The van der Waals surface area contributed by atoms with Gasteiger partial charge in [0.15, 0.2) is 0 Å². The van der Waals surface area contributed by atoms with Crippen molar-refractivity contribution >= 4 is 5.91 Å². The summed E-state index contributed by atoms with van der Waals surface area (Å²) in [4.78, 5) is 19.2. The van der Waals surface area contributed by atoms with Gasteiger partial charge in [0, 0.05) is 31.0 Å². The summed E-state index contributed by atoms with van der Waals surface area (Å²) in [6.45, 7) is 6.84. The van der Waals surface area contributed by atoms with E-state index in [9.17, 15) is 4.79 Å². The molecule has 0 fully saturated rings. The Morgan fingerprint density at radius 3 is 2.37 bits per heavy atom. The highest BCUT2D eigenvalue weighted by Crippen LogP contribution is 2.15. The Morgan fingerprint density at radius 1 is 1.03 bits per heavy atom. The zero-order valence-corrected chi connectivity index (χ0v) is 17.8. The fourth-order valence-corrected chi connectivity index (χ4v) is 3.56. The van der Waals surface area contributed by atoms with Crippen molar-refractivity contribution in [1.82, 2.24) is 20.4 Å². The van der Waals surface area contributed by atoms with E-state index >= 15 is 0 Å². The highest BCUT2D eigenvalue weighted by atomic mass is 16.5. The summed E-state index contributed by atoms with van der Waals surface area (Å²) in [7, 11) is 0. The molecule has 0 spiro atoms. The van der Waals surface area contributed by atoms with Crippen LogP contribution in [0.2, 0.25) is 0 Å². The van der Waals surface area contributed by atoms with Crippen molar-refractivity contribution < 1.29 is 9.32 Å². The fourth-order valence-electron chi connectivity index (χ4n) is 3.56. The third kappa shape index (κ3) is 6.26. The SMILES string of the molecule is CCN(CC)C(CNC(=O)CCc1nc(-c2ccccc2)no1)Cc1ccccc1. The van der Waals surface area contributed by atoms with Crippen molar-refractivity contribution in [1.29, 1.82) is 0 Å². The smallest absolute Gasteiger partial charge is 0.227 e. The fraction of sp³-hybridized carbons (Fsp3) is 0.375. The molecule has 0 aliphatic carbocycles. The van der Waals surface area contributed by atoms with E-state index in [1.54, 1.807) is 0 Å². The number of nitrogens with one attached hydrogen (secondary N) is 1. The summed E-state index contributed by atoms with van der Waals surface area (Å²) in [5.41, 5.74) is 2.18. The average Bonchev–Trinajstić information content (AvgIpc) is 3.27. The molecule has 1 atom stereocenters. The lowest BCUT2D eigenvalue weighted by Gasteiger charge is -2.30. The maximum atomic E-state index is 12.4. The van der Waals surface area contributed by atoms with Gasteiger partial charge in [-0.25, -0.2) is 0 Å². The molecular formula is C24H30N4O2. The van der Waals surface area contributed by atoms with Crippen LogP contribution >= 0.6 is 0 Å². The second-order valence-corrected chi connectivity index (χ2v) is 7.25. The summed E-state index contributed by atoms with van der Waals surface area (Å²) in [6.07, 6.45) is 1.67. The van der Waals surface area contributed by atoms with Gasteiger partial charge in [0.1, 0.15) is 0 Å². The van der Waals surface area contributed by atoms with Crippen molar-refractivity contribution in [2.75, 3.05) is 19.6 Å². The van der Waals surface area contributed by atoms with Crippen molar-refractivity contribution in [2.45, 2.75) is 39.2 Å².